The van der Waals surface area contributed by atoms with Crippen LogP contribution in [0.5, 0.6) is 0 Å². The Morgan fingerprint density at radius 1 is 1.15 bits per heavy atom. The molecule has 0 bridgehead atoms. The molecule has 0 aromatic carbocycles. The molecule has 1 unspecified atom stereocenters. The number of hydrogen-bond acceptors (Lipinski definition) is 4. The number of guanidine groups is 1. The van der Waals surface area contributed by atoms with Crippen LogP contribution in [0.2, 0.25) is 0 Å². The van der Waals surface area contributed by atoms with Crippen LogP contribution >= 0.6 is 0 Å². The zero-order chi connectivity index (χ0) is 18.8. The molecule has 2 heterocycles. The summed E-state index contributed by atoms with van der Waals surface area (Å²) in [6.07, 6.45) is 3.86. The highest BCUT2D eigenvalue weighted by Gasteiger charge is 2.22. The summed E-state index contributed by atoms with van der Waals surface area (Å²) in [7, 11) is 0. The predicted molar refractivity (Wildman–Crippen MR) is 110 cm³/mol. The fourth-order valence-corrected chi connectivity index (χ4v) is 3.90. The van der Waals surface area contributed by atoms with E-state index in [1.165, 1.54) is 38.9 Å². The summed E-state index contributed by atoms with van der Waals surface area (Å²) in [5.41, 5.74) is 0. The Morgan fingerprint density at radius 3 is 2.58 bits per heavy atom. The van der Waals surface area contributed by atoms with E-state index < -0.39 is 0 Å². The Hall–Kier alpha value is -0.850. The number of likely N-dealkylation sites (tertiary alicyclic amines) is 1. The maximum Gasteiger partial charge on any atom is 0.191 e. The van der Waals surface area contributed by atoms with Gasteiger partial charge < -0.3 is 20.3 Å². The average Bonchev–Trinajstić information content (AvgIpc) is 2.61. The van der Waals surface area contributed by atoms with Gasteiger partial charge in [-0.3, -0.25) is 9.89 Å². The minimum atomic E-state index is 0.212. The first-order valence-electron chi connectivity index (χ1n) is 10.7. The Bertz CT molecular complexity index is 407. The van der Waals surface area contributed by atoms with Gasteiger partial charge >= 0.3 is 0 Å². The predicted octanol–water partition coefficient (Wildman–Crippen LogP) is 1.77. The number of hydrogen-bond donors (Lipinski definition) is 2. The molecular weight excluding hydrogens is 326 g/mol. The monoisotopic (exact) mass is 367 g/mol. The van der Waals surface area contributed by atoms with E-state index in [1.807, 2.05) is 0 Å². The van der Waals surface area contributed by atoms with Crippen LogP contribution in [0.25, 0.3) is 0 Å². The molecule has 0 saturated carbocycles. The van der Waals surface area contributed by atoms with Crippen LogP contribution < -0.4 is 10.6 Å². The van der Waals surface area contributed by atoms with E-state index >= 15 is 0 Å². The fraction of sp³-hybridized carbons (Fsp3) is 0.950. The third-order valence-electron chi connectivity index (χ3n) is 5.11. The third-order valence-corrected chi connectivity index (χ3v) is 5.11. The van der Waals surface area contributed by atoms with Gasteiger partial charge in [-0.25, -0.2) is 0 Å². The molecular formula is C20H41N5O. The summed E-state index contributed by atoms with van der Waals surface area (Å²) in [4.78, 5) is 9.91. The molecule has 2 aliphatic heterocycles. The molecule has 2 aliphatic rings. The lowest BCUT2D eigenvalue weighted by atomic mass is 10.1. The van der Waals surface area contributed by atoms with Crippen molar-refractivity contribution in [3.63, 3.8) is 0 Å². The van der Waals surface area contributed by atoms with Gasteiger partial charge in [-0.05, 0) is 38.6 Å². The van der Waals surface area contributed by atoms with Crippen molar-refractivity contribution in [1.29, 1.82) is 0 Å². The first-order valence-corrected chi connectivity index (χ1v) is 10.7. The number of nitrogens with one attached hydrogen (secondary N) is 2. The van der Waals surface area contributed by atoms with E-state index in [9.17, 15) is 0 Å². The van der Waals surface area contributed by atoms with Gasteiger partial charge in [0.25, 0.3) is 0 Å². The number of aliphatic imine (C=N–C) groups is 1. The SMILES string of the molecule is CCCN1CCC(NC(=NCC2CN(CC(C)C)CCO2)NCC)CC1. The fourth-order valence-electron chi connectivity index (χ4n) is 3.90. The summed E-state index contributed by atoms with van der Waals surface area (Å²) in [6.45, 7) is 18.2. The van der Waals surface area contributed by atoms with Gasteiger partial charge in [-0.1, -0.05) is 20.8 Å². The summed E-state index contributed by atoms with van der Waals surface area (Å²) < 4.78 is 5.94. The Kier molecular flexibility index (Phi) is 9.72. The van der Waals surface area contributed by atoms with E-state index in [0.717, 1.165) is 45.3 Å². The standard InChI is InChI=1S/C20H41N5O/c1-5-9-24-10-7-18(8-11-24)23-20(21-6-2)22-14-19-16-25(12-13-26-19)15-17(3)4/h17-19H,5-16H2,1-4H3,(H2,21,22,23). The summed E-state index contributed by atoms with van der Waals surface area (Å²) in [5.74, 6) is 1.65. The summed E-state index contributed by atoms with van der Waals surface area (Å²) >= 11 is 0. The van der Waals surface area contributed by atoms with E-state index in [1.54, 1.807) is 0 Å². The molecule has 152 valence electrons. The number of ether oxygens (including phenoxy) is 1. The maximum absolute atomic E-state index is 5.94. The highest BCUT2D eigenvalue weighted by molar-refractivity contribution is 5.80. The maximum atomic E-state index is 5.94. The molecule has 2 N–H and O–H groups in total. The van der Waals surface area contributed by atoms with Gasteiger partial charge in [0.2, 0.25) is 0 Å². The van der Waals surface area contributed by atoms with Gasteiger partial charge in [-0.15, -0.1) is 0 Å². The molecule has 0 amide bonds. The zero-order valence-electron chi connectivity index (χ0n) is 17.5. The molecule has 6 heteroatoms. The van der Waals surface area contributed by atoms with Crippen molar-refractivity contribution in [3.05, 3.63) is 0 Å². The molecule has 0 radical (unpaired) electrons. The minimum Gasteiger partial charge on any atom is -0.374 e. The van der Waals surface area contributed by atoms with Gasteiger partial charge in [0, 0.05) is 45.3 Å². The number of piperidine rings is 1. The number of morpholine rings is 1. The molecule has 0 spiro atoms. The topological polar surface area (TPSA) is 52.1 Å². The second kappa shape index (κ2) is 11.8. The second-order valence-corrected chi connectivity index (χ2v) is 8.13. The molecule has 0 aromatic heterocycles. The highest BCUT2D eigenvalue weighted by Crippen LogP contribution is 2.11. The smallest absolute Gasteiger partial charge is 0.191 e. The van der Waals surface area contributed by atoms with Crippen molar-refractivity contribution in [2.75, 3.05) is 59.0 Å². The Balaban J connectivity index is 1.79. The zero-order valence-corrected chi connectivity index (χ0v) is 17.5. The van der Waals surface area contributed by atoms with Crippen molar-refractivity contribution in [1.82, 2.24) is 20.4 Å². The molecule has 2 rings (SSSR count). The largest absolute Gasteiger partial charge is 0.374 e. The summed E-state index contributed by atoms with van der Waals surface area (Å²) in [5, 5.41) is 7.05. The minimum absolute atomic E-state index is 0.212. The van der Waals surface area contributed by atoms with Crippen LogP contribution in [-0.4, -0.2) is 86.9 Å². The first kappa shape index (κ1) is 21.5. The van der Waals surface area contributed by atoms with Crippen molar-refractivity contribution in [2.45, 2.75) is 59.1 Å². The number of rotatable bonds is 8. The molecule has 2 saturated heterocycles. The van der Waals surface area contributed by atoms with Crippen molar-refractivity contribution < 1.29 is 4.74 Å². The highest BCUT2D eigenvalue weighted by atomic mass is 16.5. The molecule has 0 aliphatic carbocycles. The molecule has 1 atom stereocenters. The van der Waals surface area contributed by atoms with Gasteiger partial charge in [0.1, 0.15) is 0 Å². The normalized spacial score (nSPS) is 24.2. The lowest BCUT2D eigenvalue weighted by Crippen LogP contribution is -2.49. The quantitative estimate of drug-likeness (QED) is 0.506. The van der Waals surface area contributed by atoms with Crippen LogP contribution in [0.1, 0.15) is 47.0 Å². The van der Waals surface area contributed by atoms with E-state index in [2.05, 4.69) is 48.1 Å². The Labute approximate surface area is 160 Å². The summed E-state index contributed by atoms with van der Waals surface area (Å²) in [6, 6.07) is 0.533. The number of nitrogens with zero attached hydrogens (tertiary/aromatic N) is 3. The molecule has 6 nitrogen and oxygen atoms in total. The van der Waals surface area contributed by atoms with Crippen LogP contribution in [0.3, 0.4) is 0 Å². The van der Waals surface area contributed by atoms with Gasteiger partial charge in [0.15, 0.2) is 5.96 Å². The molecule has 0 aromatic rings. The van der Waals surface area contributed by atoms with Gasteiger partial charge in [-0.2, -0.15) is 0 Å². The first-order chi connectivity index (χ1) is 12.6. The lowest BCUT2D eigenvalue weighted by Gasteiger charge is -2.34. The molecule has 26 heavy (non-hydrogen) atoms. The van der Waals surface area contributed by atoms with Crippen LogP contribution in [0.4, 0.5) is 0 Å². The van der Waals surface area contributed by atoms with Crippen molar-refractivity contribution in [2.24, 2.45) is 10.9 Å². The average molecular weight is 368 g/mol. The second-order valence-electron chi connectivity index (χ2n) is 8.13. The van der Waals surface area contributed by atoms with E-state index in [-0.39, 0.29) is 6.10 Å². The third kappa shape index (κ3) is 7.80. The van der Waals surface area contributed by atoms with Crippen LogP contribution in [0, 0.1) is 5.92 Å². The Morgan fingerprint density at radius 2 is 1.92 bits per heavy atom. The van der Waals surface area contributed by atoms with Crippen molar-refractivity contribution >= 4 is 5.96 Å². The van der Waals surface area contributed by atoms with Crippen LogP contribution in [-0.2, 0) is 4.74 Å². The van der Waals surface area contributed by atoms with E-state index in [0.29, 0.717) is 12.0 Å². The van der Waals surface area contributed by atoms with E-state index in [4.69, 9.17) is 9.73 Å². The molecule has 2 fully saturated rings. The van der Waals surface area contributed by atoms with Crippen molar-refractivity contribution in [3.8, 4) is 0 Å². The van der Waals surface area contributed by atoms with Crippen LogP contribution in [0.15, 0.2) is 4.99 Å². The van der Waals surface area contributed by atoms with Gasteiger partial charge in [0.05, 0.1) is 19.3 Å². The lowest BCUT2D eigenvalue weighted by molar-refractivity contribution is -0.0262.